The molecule has 1 spiro atoms. The Morgan fingerprint density at radius 3 is 2.59 bits per heavy atom. The van der Waals surface area contributed by atoms with Crippen LogP contribution < -0.4 is 24.8 Å². The van der Waals surface area contributed by atoms with E-state index in [0.29, 0.717) is 62.7 Å². The van der Waals surface area contributed by atoms with E-state index in [2.05, 4.69) is 20.3 Å². The number of nitrogens with one attached hydrogen (secondary N) is 3. The number of alkyl halides is 3. The third-order valence-corrected chi connectivity index (χ3v) is 14.9. The van der Waals surface area contributed by atoms with E-state index in [1.54, 1.807) is 12.1 Å². The third kappa shape index (κ3) is 7.91. The first kappa shape index (κ1) is 41.1. The molecule has 2 aromatic rings. The predicted octanol–water partition coefficient (Wildman–Crippen LogP) is 4.20. The fourth-order valence-electron chi connectivity index (χ4n) is 8.76. The van der Waals surface area contributed by atoms with Crippen molar-refractivity contribution in [3.63, 3.8) is 0 Å². The zero-order valence-corrected chi connectivity index (χ0v) is 33.6. The number of hydrogen-bond donors (Lipinski definition) is 3. The lowest BCUT2D eigenvalue weighted by Crippen LogP contribution is -2.58. The molecule has 4 amide bonds. The molecule has 59 heavy (non-hydrogen) atoms. The van der Waals surface area contributed by atoms with Crippen molar-refractivity contribution in [1.29, 1.82) is 0 Å². The Kier molecular flexibility index (Phi) is 10.5. The first-order chi connectivity index (χ1) is 28.0. The van der Waals surface area contributed by atoms with Crippen molar-refractivity contribution < 1.29 is 59.7 Å². The second-order valence-electron chi connectivity index (χ2n) is 16.9. The molecule has 2 aliphatic carbocycles. The van der Waals surface area contributed by atoms with Crippen molar-refractivity contribution in [2.75, 3.05) is 26.9 Å². The molecule has 19 heteroatoms. The summed E-state index contributed by atoms with van der Waals surface area (Å²) < 4.78 is 94.3. The number of aryl methyl sites for hydroxylation is 1. The van der Waals surface area contributed by atoms with Gasteiger partial charge in [-0.3, -0.25) is 19.1 Å². The van der Waals surface area contributed by atoms with Crippen LogP contribution in [0, 0.1) is 5.92 Å². The minimum atomic E-state index is -4.93. The summed E-state index contributed by atoms with van der Waals surface area (Å²) in [5.41, 5.74) is -4.12. The minimum absolute atomic E-state index is 0.0638. The van der Waals surface area contributed by atoms with E-state index in [1.807, 2.05) is 6.08 Å². The van der Waals surface area contributed by atoms with Gasteiger partial charge in [-0.2, -0.15) is 13.2 Å². The van der Waals surface area contributed by atoms with Crippen LogP contribution in [-0.2, 0) is 46.5 Å². The second-order valence-corrected chi connectivity index (χ2v) is 19.1. The molecule has 3 N–H and O–H groups in total. The second kappa shape index (κ2) is 15.1. The van der Waals surface area contributed by atoms with Gasteiger partial charge in [0, 0.05) is 29.7 Å². The number of amides is 4. The van der Waals surface area contributed by atoms with Crippen LogP contribution in [0.2, 0.25) is 0 Å². The molecular weight excluding hydrogens is 800 g/mol. The van der Waals surface area contributed by atoms with Crippen LogP contribution in [0.25, 0.3) is 10.9 Å². The number of aromatic nitrogens is 1. The number of halogens is 3. The molecule has 6 aliphatic rings. The fourth-order valence-corrected chi connectivity index (χ4v) is 10.1. The first-order valence-electron chi connectivity index (χ1n) is 20.1. The number of fused-ring (bicyclic) bond motifs is 5. The maximum Gasteiger partial charge on any atom is 0.437 e. The number of alkyl carbamates (subject to hydrolysis) is 1. The Bertz CT molecular complexity index is 2190. The Labute approximate surface area is 339 Å². The lowest BCUT2D eigenvalue weighted by molar-refractivity contribution is -0.144. The number of rotatable bonds is 6. The van der Waals surface area contributed by atoms with Gasteiger partial charge in [-0.25, -0.2) is 18.2 Å². The largest absolute Gasteiger partial charge is 0.497 e. The van der Waals surface area contributed by atoms with Crippen LogP contribution in [0.3, 0.4) is 0 Å². The van der Waals surface area contributed by atoms with E-state index in [0.717, 1.165) is 0 Å². The van der Waals surface area contributed by atoms with Crippen LogP contribution in [0.15, 0.2) is 30.4 Å². The highest BCUT2D eigenvalue weighted by Crippen LogP contribution is 2.50. The van der Waals surface area contributed by atoms with Crippen LogP contribution in [0.5, 0.6) is 11.5 Å². The zero-order valence-electron chi connectivity index (χ0n) is 32.8. The predicted molar refractivity (Wildman–Crippen MR) is 204 cm³/mol. The van der Waals surface area contributed by atoms with Gasteiger partial charge >= 0.3 is 12.3 Å². The Morgan fingerprint density at radius 2 is 1.88 bits per heavy atom. The van der Waals surface area contributed by atoms with Crippen LogP contribution >= 0.6 is 0 Å². The lowest BCUT2D eigenvalue weighted by Gasteiger charge is -2.37. The highest BCUT2D eigenvalue weighted by atomic mass is 32.2. The number of nitrogens with zero attached hydrogens (tertiary/aromatic N) is 2. The molecule has 6 unspecified atom stereocenters. The monoisotopic (exact) mass is 847 g/mol. The maximum atomic E-state index is 14.8. The summed E-state index contributed by atoms with van der Waals surface area (Å²) in [4.78, 5) is 61.7. The summed E-state index contributed by atoms with van der Waals surface area (Å²) in [6, 6.07) is 1.94. The molecule has 1 aromatic heterocycles. The summed E-state index contributed by atoms with van der Waals surface area (Å²) in [5, 5.41) is 5.87. The summed E-state index contributed by atoms with van der Waals surface area (Å²) in [5.74, 6) is -3.09. The molecule has 2 saturated carbocycles. The Balaban J connectivity index is 1.15. The van der Waals surface area contributed by atoms with Crippen LogP contribution in [0.4, 0.5) is 18.0 Å². The molecule has 6 atom stereocenters. The number of methoxy groups -OCH3 is 1. The van der Waals surface area contributed by atoms with E-state index in [9.17, 15) is 40.8 Å². The smallest absolute Gasteiger partial charge is 0.437 e. The van der Waals surface area contributed by atoms with Gasteiger partial charge in [-0.15, -0.1) is 0 Å². The number of pyridine rings is 1. The van der Waals surface area contributed by atoms with Gasteiger partial charge in [-0.05, 0) is 76.5 Å². The molecule has 15 nitrogen and oxygen atoms in total. The Morgan fingerprint density at radius 1 is 1.08 bits per heavy atom. The maximum absolute atomic E-state index is 14.8. The van der Waals surface area contributed by atoms with Gasteiger partial charge < -0.3 is 34.5 Å². The van der Waals surface area contributed by atoms with Crippen molar-refractivity contribution >= 4 is 44.7 Å². The summed E-state index contributed by atoms with van der Waals surface area (Å²) in [6.45, 7) is 1.80. The van der Waals surface area contributed by atoms with Crippen molar-refractivity contribution in [1.82, 2.24) is 25.2 Å². The number of carbonyl (C=O) groups excluding carboxylic acids is 4. The third-order valence-electron chi connectivity index (χ3n) is 12.7. The first-order valence-corrected chi connectivity index (χ1v) is 21.6. The van der Waals surface area contributed by atoms with Gasteiger partial charge in [0.25, 0.3) is 5.91 Å². The van der Waals surface area contributed by atoms with Gasteiger partial charge in [0.05, 0.1) is 37.1 Å². The molecule has 4 aliphatic heterocycles. The van der Waals surface area contributed by atoms with Crippen molar-refractivity contribution in [2.24, 2.45) is 5.92 Å². The highest BCUT2D eigenvalue weighted by molar-refractivity contribution is 7.91. The molecule has 4 fully saturated rings. The standard InChI is InChI=1S/C40H48F3N5O10S/c1-37(15-16-37)59(53,54)47-35(51)39-19-23(39)8-6-4-3-5-7-9-29(45-36(52)57-25-13-17-56-21-25)34(50)48-22-38(20-30(48)33(49)46-39)14-12-26-27-18-24(55-2)10-11-28(27)44-32(31(26)58-38)40(41,42)43/h6,8,10-11,18,23,25,29-30H,3-5,7,9,12-17,19-22H2,1-2H3,(H,45,52)(H,46,49)(H,47,51). The number of hydrogen-bond acceptors (Lipinski definition) is 11. The van der Waals surface area contributed by atoms with Gasteiger partial charge in [-0.1, -0.05) is 25.0 Å². The zero-order chi connectivity index (χ0) is 42.0. The van der Waals surface area contributed by atoms with Crippen LogP contribution in [0.1, 0.15) is 88.8 Å². The average molecular weight is 848 g/mol. The Hall–Kier alpha value is -4.65. The molecule has 0 bridgehead atoms. The number of ether oxygens (including phenoxy) is 4. The van der Waals surface area contributed by atoms with E-state index in [1.165, 1.54) is 31.1 Å². The lowest BCUT2D eigenvalue weighted by atomic mass is 9.87. The SMILES string of the molecule is COc1ccc2nc(C(F)(F)F)c3c(c2c1)CCC1(CC2C(=O)NC4(C(=O)NS(=O)(=O)C5(C)CC5)CC4C=CCCCCCC(NC(=O)OC4CCOC4)C(=O)N2C1)O3. The van der Waals surface area contributed by atoms with Crippen molar-refractivity contribution in [2.45, 2.75) is 124 Å². The van der Waals surface area contributed by atoms with E-state index in [-0.39, 0.29) is 56.3 Å². The normalized spacial score (nSPS) is 30.5. The van der Waals surface area contributed by atoms with Crippen LogP contribution in [-0.4, -0.2) is 103 Å². The average Bonchev–Trinajstić information content (AvgIpc) is 3.98. The quantitative estimate of drug-likeness (QED) is 0.353. The molecule has 320 valence electrons. The molecule has 8 rings (SSSR count). The van der Waals surface area contributed by atoms with Gasteiger partial charge in [0.2, 0.25) is 21.8 Å². The minimum Gasteiger partial charge on any atom is -0.497 e. The number of benzene rings is 1. The van der Waals surface area contributed by atoms with Gasteiger partial charge in [0.15, 0.2) is 11.4 Å². The number of allylic oxidation sites excluding steroid dienone is 1. The number of sulfonamides is 1. The molecule has 2 saturated heterocycles. The molecule has 1 aromatic carbocycles. The van der Waals surface area contributed by atoms with E-state index >= 15 is 0 Å². The summed E-state index contributed by atoms with van der Waals surface area (Å²) >= 11 is 0. The summed E-state index contributed by atoms with van der Waals surface area (Å²) in [6.07, 6.45) is 1.17. The van der Waals surface area contributed by atoms with E-state index < -0.39 is 91.5 Å². The van der Waals surface area contributed by atoms with Crippen molar-refractivity contribution in [3.05, 3.63) is 41.6 Å². The molecule has 5 heterocycles. The highest BCUT2D eigenvalue weighted by Gasteiger charge is 2.64. The molecular formula is C40H48F3N5O10S. The van der Waals surface area contributed by atoms with E-state index in [4.69, 9.17) is 18.9 Å². The number of carbonyl (C=O) groups is 4. The summed E-state index contributed by atoms with van der Waals surface area (Å²) in [7, 11) is -2.66. The van der Waals surface area contributed by atoms with Crippen molar-refractivity contribution in [3.8, 4) is 11.5 Å². The fraction of sp³-hybridized carbons (Fsp3) is 0.625. The topological polar surface area (TPSA) is 192 Å². The molecule has 0 radical (unpaired) electrons. The van der Waals surface area contributed by atoms with Gasteiger partial charge in [0.1, 0.15) is 35.1 Å².